The van der Waals surface area contributed by atoms with E-state index >= 15 is 0 Å². The van der Waals surface area contributed by atoms with Crippen molar-refractivity contribution >= 4 is 5.97 Å². The number of carboxylic acids is 1. The fourth-order valence-corrected chi connectivity index (χ4v) is 2.02. The average molecular weight is 264 g/mol. The highest BCUT2D eigenvalue weighted by Gasteiger charge is 2.08. The van der Waals surface area contributed by atoms with Crippen LogP contribution >= 0.6 is 0 Å². The molecule has 0 spiro atoms. The monoisotopic (exact) mass is 264 g/mol. The number of rotatable bonds is 10. The molecular weight excluding hydrogens is 240 g/mol. The number of ether oxygens (including phenoxy) is 1. The van der Waals surface area contributed by atoms with Crippen LogP contribution in [0, 0.1) is 0 Å². The molecule has 0 atom stereocenters. The molecule has 0 saturated heterocycles. The van der Waals surface area contributed by atoms with E-state index in [0.717, 1.165) is 12.0 Å². The van der Waals surface area contributed by atoms with Crippen LogP contribution in [-0.4, -0.2) is 17.7 Å². The van der Waals surface area contributed by atoms with E-state index in [1.165, 1.54) is 32.1 Å². The Labute approximate surface area is 115 Å². The van der Waals surface area contributed by atoms with E-state index in [0.29, 0.717) is 18.8 Å². The number of carbonyl (C=O) groups is 1. The van der Waals surface area contributed by atoms with E-state index in [2.05, 4.69) is 6.92 Å². The van der Waals surface area contributed by atoms with Crippen molar-refractivity contribution in [1.29, 1.82) is 0 Å². The van der Waals surface area contributed by atoms with Gasteiger partial charge >= 0.3 is 5.97 Å². The highest BCUT2D eigenvalue weighted by Crippen LogP contribution is 2.11. The molecule has 0 bridgehead atoms. The normalized spacial score (nSPS) is 10.6. The Kier molecular flexibility index (Phi) is 7.91. The first-order chi connectivity index (χ1) is 9.25. The summed E-state index contributed by atoms with van der Waals surface area (Å²) in [4.78, 5) is 11.0. The molecule has 0 unspecified atom stereocenters. The van der Waals surface area contributed by atoms with Crippen molar-refractivity contribution in [2.45, 2.75) is 52.1 Å². The second-order valence-corrected chi connectivity index (χ2v) is 4.78. The molecule has 1 aromatic rings. The largest absolute Gasteiger partial charge is 0.478 e. The summed E-state index contributed by atoms with van der Waals surface area (Å²) in [5.74, 6) is -0.890. The second kappa shape index (κ2) is 9.56. The lowest BCUT2D eigenvalue weighted by atomic mass is 10.1. The first kappa shape index (κ1) is 15.7. The summed E-state index contributed by atoms with van der Waals surface area (Å²) in [6.07, 6.45) is 7.40. The quantitative estimate of drug-likeness (QED) is 0.642. The highest BCUT2D eigenvalue weighted by molar-refractivity contribution is 5.89. The Morgan fingerprint density at radius 1 is 1.11 bits per heavy atom. The predicted molar refractivity (Wildman–Crippen MR) is 76.4 cm³/mol. The van der Waals surface area contributed by atoms with E-state index in [1.807, 2.05) is 12.1 Å². The Bertz CT molecular complexity index is 374. The molecular formula is C16H24O3. The van der Waals surface area contributed by atoms with E-state index in [4.69, 9.17) is 9.84 Å². The van der Waals surface area contributed by atoms with Crippen LogP contribution in [0.5, 0.6) is 0 Å². The minimum Gasteiger partial charge on any atom is -0.478 e. The zero-order valence-electron chi connectivity index (χ0n) is 11.7. The van der Waals surface area contributed by atoms with Crippen molar-refractivity contribution in [2.24, 2.45) is 0 Å². The van der Waals surface area contributed by atoms with Crippen molar-refractivity contribution in [1.82, 2.24) is 0 Å². The molecule has 0 aliphatic carbocycles. The van der Waals surface area contributed by atoms with Gasteiger partial charge in [0.15, 0.2) is 0 Å². The Morgan fingerprint density at radius 3 is 2.53 bits per heavy atom. The Morgan fingerprint density at radius 2 is 1.79 bits per heavy atom. The highest BCUT2D eigenvalue weighted by atomic mass is 16.5. The molecule has 0 amide bonds. The zero-order chi connectivity index (χ0) is 13.9. The summed E-state index contributed by atoms with van der Waals surface area (Å²) in [5, 5.41) is 9.03. The molecule has 3 nitrogen and oxygen atoms in total. The van der Waals surface area contributed by atoms with Crippen LogP contribution in [0.15, 0.2) is 24.3 Å². The van der Waals surface area contributed by atoms with Crippen molar-refractivity contribution in [2.75, 3.05) is 6.61 Å². The molecule has 0 radical (unpaired) electrons. The van der Waals surface area contributed by atoms with E-state index in [9.17, 15) is 4.79 Å². The lowest BCUT2D eigenvalue weighted by molar-refractivity contribution is 0.0686. The summed E-state index contributed by atoms with van der Waals surface area (Å²) in [6.45, 7) is 3.31. The van der Waals surface area contributed by atoms with Crippen molar-refractivity contribution in [3.63, 3.8) is 0 Å². The van der Waals surface area contributed by atoms with Gasteiger partial charge in [-0.25, -0.2) is 4.79 Å². The first-order valence-electron chi connectivity index (χ1n) is 7.14. The standard InChI is InChI=1S/C16H24O3/c1-2-3-4-5-6-9-12-19-13-14-10-7-8-11-15(14)16(17)18/h7-8,10-11H,2-6,9,12-13H2,1H3,(H,17,18). The third-order valence-electron chi connectivity index (χ3n) is 3.15. The fourth-order valence-electron chi connectivity index (χ4n) is 2.02. The van der Waals surface area contributed by atoms with Crippen LogP contribution in [-0.2, 0) is 11.3 Å². The Balaban J connectivity index is 2.17. The maximum Gasteiger partial charge on any atom is 0.336 e. The summed E-state index contributed by atoms with van der Waals surface area (Å²) in [5.41, 5.74) is 1.09. The lowest BCUT2D eigenvalue weighted by Crippen LogP contribution is -2.04. The zero-order valence-corrected chi connectivity index (χ0v) is 11.7. The summed E-state index contributed by atoms with van der Waals surface area (Å²) in [7, 11) is 0. The molecule has 1 N–H and O–H groups in total. The van der Waals surface area contributed by atoms with Crippen molar-refractivity contribution in [3.8, 4) is 0 Å². The molecule has 3 heteroatoms. The molecule has 0 aliphatic rings. The van der Waals surface area contributed by atoms with Gasteiger partial charge < -0.3 is 9.84 Å². The van der Waals surface area contributed by atoms with Crippen LogP contribution in [0.4, 0.5) is 0 Å². The Hall–Kier alpha value is -1.35. The van der Waals surface area contributed by atoms with E-state index in [1.54, 1.807) is 12.1 Å². The predicted octanol–water partition coefficient (Wildman–Crippen LogP) is 4.26. The molecule has 1 aromatic carbocycles. The summed E-state index contributed by atoms with van der Waals surface area (Å²) >= 11 is 0. The molecule has 0 aromatic heterocycles. The molecule has 0 heterocycles. The molecule has 106 valence electrons. The topological polar surface area (TPSA) is 46.5 Å². The summed E-state index contributed by atoms with van der Waals surface area (Å²) in [6, 6.07) is 7.01. The SMILES string of the molecule is CCCCCCCCOCc1ccccc1C(=O)O. The van der Waals surface area contributed by atoms with Gasteiger partial charge in [-0.1, -0.05) is 57.2 Å². The second-order valence-electron chi connectivity index (χ2n) is 4.78. The number of benzene rings is 1. The van der Waals surface area contributed by atoms with Gasteiger partial charge in [-0.15, -0.1) is 0 Å². The number of unbranched alkanes of at least 4 members (excludes halogenated alkanes) is 5. The first-order valence-corrected chi connectivity index (χ1v) is 7.14. The molecule has 1 rings (SSSR count). The van der Waals surface area contributed by atoms with Crippen LogP contribution in [0.2, 0.25) is 0 Å². The number of aromatic carboxylic acids is 1. The molecule has 0 saturated carbocycles. The van der Waals surface area contributed by atoms with Gasteiger partial charge in [0.05, 0.1) is 12.2 Å². The fraction of sp³-hybridized carbons (Fsp3) is 0.562. The van der Waals surface area contributed by atoms with Gasteiger partial charge in [0, 0.05) is 6.61 Å². The van der Waals surface area contributed by atoms with Gasteiger partial charge in [0.1, 0.15) is 0 Å². The third-order valence-corrected chi connectivity index (χ3v) is 3.15. The van der Waals surface area contributed by atoms with Gasteiger partial charge in [0.25, 0.3) is 0 Å². The number of carboxylic acid groups (broad SMARTS) is 1. The van der Waals surface area contributed by atoms with Crippen molar-refractivity contribution < 1.29 is 14.6 Å². The average Bonchev–Trinajstić information content (AvgIpc) is 2.42. The van der Waals surface area contributed by atoms with Crippen LogP contribution < -0.4 is 0 Å². The lowest BCUT2D eigenvalue weighted by Gasteiger charge is -2.07. The maximum atomic E-state index is 11.0. The summed E-state index contributed by atoms with van der Waals surface area (Å²) < 4.78 is 5.55. The van der Waals surface area contributed by atoms with E-state index in [-0.39, 0.29) is 0 Å². The van der Waals surface area contributed by atoms with Gasteiger partial charge in [-0.3, -0.25) is 0 Å². The molecule has 0 fully saturated rings. The van der Waals surface area contributed by atoms with Gasteiger partial charge in [0.2, 0.25) is 0 Å². The van der Waals surface area contributed by atoms with Crippen LogP contribution in [0.25, 0.3) is 0 Å². The molecule has 0 aliphatic heterocycles. The minimum atomic E-state index is -0.890. The number of hydrogen-bond donors (Lipinski definition) is 1. The van der Waals surface area contributed by atoms with Crippen LogP contribution in [0.1, 0.15) is 61.4 Å². The van der Waals surface area contributed by atoms with Gasteiger partial charge in [-0.05, 0) is 18.1 Å². The number of hydrogen-bond acceptors (Lipinski definition) is 2. The van der Waals surface area contributed by atoms with E-state index < -0.39 is 5.97 Å². The smallest absolute Gasteiger partial charge is 0.336 e. The maximum absolute atomic E-state index is 11.0. The molecule has 19 heavy (non-hydrogen) atoms. The van der Waals surface area contributed by atoms with Gasteiger partial charge in [-0.2, -0.15) is 0 Å². The van der Waals surface area contributed by atoms with Crippen LogP contribution in [0.3, 0.4) is 0 Å². The third kappa shape index (κ3) is 6.39. The minimum absolute atomic E-state index is 0.338. The van der Waals surface area contributed by atoms with Crippen molar-refractivity contribution in [3.05, 3.63) is 35.4 Å².